The summed E-state index contributed by atoms with van der Waals surface area (Å²) >= 11 is 2.27. The molecule has 0 aromatic carbocycles. The molecule has 0 unspecified atom stereocenters. The molecule has 0 bridgehead atoms. The first kappa shape index (κ1) is 28.1. The monoisotopic (exact) mass is 580 g/mol. The summed E-state index contributed by atoms with van der Waals surface area (Å²) in [6.45, 7) is -0.114. The highest BCUT2D eigenvalue weighted by atomic mass is 32.1. The zero-order valence-electron chi connectivity index (χ0n) is 20.0. The first-order valence-electron chi connectivity index (χ1n) is 11.5. The second-order valence-electron chi connectivity index (χ2n) is 8.06. The molecule has 10 nitrogen and oxygen atoms in total. The Bertz CT molecular complexity index is 1440. The fourth-order valence-electron chi connectivity index (χ4n) is 3.24. The number of unbranched alkanes of at least 4 members (excludes halogenated alkanes) is 1. The number of pyridine rings is 2. The summed E-state index contributed by atoms with van der Waals surface area (Å²) in [7, 11) is 0. The van der Waals surface area contributed by atoms with Gasteiger partial charge in [-0.3, -0.25) is 14.6 Å². The van der Waals surface area contributed by atoms with Crippen LogP contribution in [-0.2, 0) is 32.1 Å². The van der Waals surface area contributed by atoms with Crippen molar-refractivity contribution in [2.75, 3.05) is 0 Å². The van der Waals surface area contributed by atoms with Gasteiger partial charge in [0.05, 0.1) is 30.0 Å². The van der Waals surface area contributed by atoms with Crippen molar-refractivity contribution in [3.8, 4) is 0 Å². The van der Waals surface area contributed by atoms with Crippen LogP contribution in [0.1, 0.15) is 59.4 Å². The average Bonchev–Trinajstić information content (AvgIpc) is 3.58. The van der Waals surface area contributed by atoms with Crippen LogP contribution >= 0.6 is 22.7 Å². The van der Waals surface area contributed by atoms with Crippen molar-refractivity contribution in [2.24, 2.45) is 0 Å². The lowest BCUT2D eigenvalue weighted by Crippen LogP contribution is -2.23. The Hall–Kier alpha value is -3.92. The van der Waals surface area contributed by atoms with Crippen molar-refractivity contribution in [1.82, 2.24) is 41.0 Å². The predicted molar refractivity (Wildman–Crippen MR) is 132 cm³/mol. The van der Waals surface area contributed by atoms with Crippen LogP contribution in [0.15, 0.2) is 36.5 Å². The number of halogens is 4. The van der Waals surface area contributed by atoms with E-state index in [0.29, 0.717) is 28.6 Å². The summed E-state index contributed by atoms with van der Waals surface area (Å²) in [6, 6.07) is 6.06. The average molecular weight is 581 g/mol. The molecule has 0 fully saturated rings. The summed E-state index contributed by atoms with van der Waals surface area (Å²) in [6.07, 6.45) is -0.855. The molecule has 0 spiro atoms. The van der Waals surface area contributed by atoms with Crippen LogP contribution in [0.5, 0.6) is 0 Å². The lowest BCUT2D eigenvalue weighted by Gasteiger charge is -2.08. The van der Waals surface area contributed by atoms with Gasteiger partial charge in [0, 0.05) is 19.0 Å². The number of rotatable bonds is 11. The third-order valence-corrected chi connectivity index (χ3v) is 7.09. The van der Waals surface area contributed by atoms with Crippen molar-refractivity contribution in [3.05, 3.63) is 79.5 Å². The number of nitrogens with one attached hydrogen (secondary N) is 2. The minimum atomic E-state index is -4.49. The number of carbonyl (C=O) groups is 2. The van der Waals surface area contributed by atoms with Gasteiger partial charge in [0.2, 0.25) is 16.0 Å². The molecule has 2 amide bonds. The van der Waals surface area contributed by atoms with Crippen LogP contribution in [0, 0.1) is 5.95 Å². The zero-order valence-corrected chi connectivity index (χ0v) is 21.7. The number of hydrogen-bond donors (Lipinski definition) is 2. The topological polar surface area (TPSA) is 136 Å². The van der Waals surface area contributed by atoms with Crippen LogP contribution in [0.2, 0.25) is 0 Å². The molecular formula is C23H20F4N8O2S2. The molecule has 0 saturated carbocycles. The molecule has 204 valence electrons. The highest BCUT2D eigenvalue weighted by Crippen LogP contribution is 2.29. The molecular weight excluding hydrogens is 560 g/mol. The zero-order chi connectivity index (χ0) is 27.8. The van der Waals surface area contributed by atoms with Gasteiger partial charge >= 0.3 is 6.18 Å². The van der Waals surface area contributed by atoms with Crippen LogP contribution in [0.3, 0.4) is 0 Å². The Kier molecular flexibility index (Phi) is 9.19. The fourth-order valence-corrected chi connectivity index (χ4v) is 4.83. The smallest absolute Gasteiger partial charge is 0.344 e. The van der Waals surface area contributed by atoms with Crippen molar-refractivity contribution in [3.63, 3.8) is 0 Å². The third-order valence-electron chi connectivity index (χ3n) is 5.13. The van der Waals surface area contributed by atoms with Crippen molar-refractivity contribution < 1.29 is 27.2 Å². The van der Waals surface area contributed by atoms with E-state index in [1.807, 2.05) is 0 Å². The van der Waals surface area contributed by atoms with Crippen LogP contribution in [-0.4, -0.2) is 42.2 Å². The van der Waals surface area contributed by atoms with Gasteiger partial charge in [0.1, 0.15) is 10.0 Å². The molecule has 0 aliphatic rings. The molecule has 4 aromatic rings. The Morgan fingerprint density at radius 3 is 1.97 bits per heavy atom. The number of hydrogen-bond acceptors (Lipinski definition) is 10. The number of nitrogens with zero attached hydrogens (tertiary/aromatic N) is 6. The molecule has 2 N–H and O–H groups in total. The van der Waals surface area contributed by atoms with Crippen molar-refractivity contribution in [1.29, 1.82) is 0 Å². The SMILES string of the molecule is O=C(NCc1cc(C(F)(F)F)ccn1)c1nnc(CCCCc2nnc(C(=O)NCc3cccc(F)n3)s2)s1. The maximum absolute atomic E-state index is 13.1. The fraction of sp³-hybridized carbons (Fsp3) is 0.304. The lowest BCUT2D eigenvalue weighted by atomic mass is 10.2. The van der Waals surface area contributed by atoms with E-state index < -0.39 is 29.5 Å². The van der Waals surface area contributed by atoms with Crippen molar-refractivity contribution in [2.45, 2.75) is 44.9 Å². The summed E-state index contributed by atoms with van der Waals surface area (Å²) in [4.78, 5) is 32.1. The van der Waals surface area contributed by atoms with Gasteiger partial charge in [0.25, 0.3) is 11.8 Å². The van der Waals surface area contributed by atoms with Gasteiger partial charge in [-0.25, -0.2) is 4.98 Å². The molecule has 0 aliphatic carbocycles. The summed E-state index contributed by atoms with van der Waals surface area (Å²) < 4.78 is 51.6. The maximum Gasteiger partial charge on any atom is 0.416 e. The highest BCUT2D eigenvalue weighted by molar-refractivity contribution is 7.13. The van der Waals surface area contributed by atoms with E-state index in [9.17, 15) is 27.2 Å². The number of alkyl halides is 3. The normalized spacial score (nSPS) is 11.4. The quantitative estimate of drug-likeness (QED) is 0.156. The molecule has 0 saturated heterocycles. The van der Waals surface area contributed by atoms with Crippen LogP contribution < -0.4 is 10.6 Å². The molecule has 39 heavy (non-hydrogen) atoms. The van der Waals surface area contributed by atoms with Gasteiger partial charge in [-0.1, -0.05) is 28.7 Å². The van der Waals surface area contributed by atoms with Gasteiger partial charge in [-0.15, -0.1) is 20.4 Å². The second kappa shape index (κ2) is 12.8. The molecule has 4 aromatic heterocycles. The van der Waals surface area contributed by atoms with Gasteiger partial charge in [-0.05, 0) is 37.1 Å². The minimum absolute atomic E-state index is 0.0650. The van der Waals surface area contributed by atoms with Crippen molar-refractivity contribution >= 4 is 34.5 Å². The number of aromatic nitrogens is 6. The summed E-state index contributed by atoms with van der Waals surface area (Å²) in [5.74, 6) is -1.60. The first-order chi connectivity index (χ1) is 18.7. The number of carbonyl (C=O) groups excluding carboxylic acids is 2. The Labute approximate surface area is 227 Å². The number of aryl methyl sites for hydroxylation is 2. The highest BCUT2D eigenvalue weighted by Gasteiger charge is 2.30. The molecule has 0 atom stereocenters. The maximum atomic E-state index is 13.1. The molecule has 0 aliphatic heterocycles. The van der Waals surface area contributed by atoms with E-state index in [-0.39, 0.29) is 28.8 Å². The van der Waals surface area contributed by atoms with Gasteiger partial charge in [-0.2, -0.15) is 17.6 Å². The Morgan fingerprint density at radius 2 is 1.41 bits per heavy atom. The van der Waals surface area contributed by atoms with E-state index in [1.54, 1.807) is 6.07 Å². The molecule has 4 heterocycles. The number of amides is 2. The molecule has 4 rings (SSSR count). The summed E-state index contributed by atoms with van der Waals surface area (Å²) in [5, 5.41) is 22.5. The lowest BCUT2D eigenvalue weighted by molar-refractivity contribution is -0.137. The molecule has 0 radical (unpaired) electrons. The first-order valence-corrected chi connectivity index (χ1v) is 13.2. The van der Waals surface area contributed by atoms with Gasteiger partial charge in [0.15, 0.2) is 0 Å². The standard InChI is InChI=1S/C23H20F4N8O2S2/c24-16-5-3-4-14(31-16)11-29-19(36)21-34-32-17(38-21)6-1-2-7-18-33-35-22(39-18)20(37)30-12-15-10-13(8-9-28-15)23(25,26)27/h3-5,8-10H,1-2,6-7,11-12H2,(H,29,36)(H,30,37). The van der Waals surface area contributed by atoms with Crippen LogP contribution in [0.25, 0.3) is 0 Å². The van der Waals surface area contributed by atoms with E-state index >= 15 is 0 Å². The van der Waals surface area contributed by atoms with E-state index in [4.69, 9.17) is 0 Å². The Balaban J connectivity index is 1.17. The van der Waals surface area contributed by atoms with E-state index in [0.717, 1.165) is 53.8 Å². The van der Waals surface area contributed by atoms with E-state index in [2.05, 4.69) is 41.0 Å². The molecule has 16 heteroatoms. The third kappa shape index (κ3) is 8.28. The largest absolute Gasteiger partial charge is 0.416 e. The minimum Gasteiger partial charge on any atom is -0.344 e. The van der Waals surface area contributed by atoms with E-state index in [1.165, 1.54) is 12.1 Å². The summed E-state index contributed by atoms with van der Waals surface area (Å²) in [5.41, 5.74) is -0.381. The predicted octanol–water partition coefficient (Wildman–Crippen LogP) is 3.76. The Morgan fingerprint density at radius 1 is 0.821 bits per heavy atom. The second-order valence-corrected chi connectivity index (χ2v) is 10.2. The van der Waals surface area contributed by atoms with Gasteiger partial charge < -0.3 is 10.6 Å². The van der Waals surface area contributed by atoms with Crippen LogP contribution in [0.4, 0.5) is 17.6 Å².